The second-order valence-electron chi connectivity index (χ2n) is 6.91. The minimum Gasteiger partial charge on any atom is -0.454 e. The van der Waals surface area contributed by atoms with Gasteiger partial charge in [0.25, 0.3) is 0 Å². The molecular weight excluding hydrogens is 322 g/mol. The quantitative estimate of drug-likeness (QED) is 0.581. The number of para-hydroxylation sites is 1. The molecule has 1 atom stereocenters. The third-order valence-electron chi connectivity index (χ3n) is 5.33. The van der Waals surface area contributed by atoms with Crippen LogP contribution in [0.2, 0.25) is 0 Å². The van der Waals surface area contributed by atoms with Crippen LogP contribution in [-0.4, -0.2) is 22.6 Å². The highest BCUT2D eigenvalue weighted by molar-refractivity contribution is 5.90. The predicted molar refractivity (Wildman–Crippen MR) is 104 cm³/mol. The van der Waals surface area contributed by atoms with Crippen molar-refractivity contribution in [3.8, 4) is 22.7 Å². The van der Waals surface area contributed by atoms with Crippen molar-refractivity contribution in [1.29, 1.82) is 0 Å². The molecule has 26 heavy (non-hydrogen) atoms. The van der Waals surface area contributed by atoms with E-state index in [0.717, 1.165) is 47.8 Å². The van der Waals surface area contributed by atoms with Gasteiger partial charge in [0.05, 0.1) is 12.0 Å². The molecule has 0 bridgehead atoms. The van der Waals surface area contributed by atoms with Crippen molar-refractivity contribution in [2.75, 3.05) is 13.1 Å². The number of nitrogens with zero attached hydrogens (tertiary/aromatic N) is 2. The van der Waals surface area contributed by atoms with Gasteiger partial charge in [-0.25, -0.2) is 4.98 Å². The summed E-state index contributed by atoms with van der Waals surface area (Å²) in [7, 11) is 0. The lowest BCUT2D eigenvalue weighted by Crippen LogP contribution is -2.13. The van der Waals surface area contributed by atoms with Gasteiger partial charge in [-0.1, -0.05) is 48.5 Å². The highest BCUT2D eigenvalue weighted by atomic mass is 16.3. The maximum Gasteiger partial charge on any atom is 0.157 e. The highest BCUT2D eigenvalue weighted by Crippen LogP contribution is 2.39. The Morgan fingerprint density at radius 2 is 1.88 bits per heavy atom. The molecule has 4 heteroatoms. The number of furan rings is 1. The summed E-state index contributed by atoms with van der Waals surface area (Å²) in [5, 5.41) is 4.63. The zero-order valence-electron chi connectivity index (χ0n) is 14.8. The van der Waals surface area contributed by atoms with Crippen LogP contribution in [0.3, 0.4) is 0 Å². The molecule has 0 spiro atoms. The number of hydrogen-bond acceptors (Lipinski definition) is 3. The molecule has 2 aromatic heterocycles. The van der Waals surface area contributed by atoms with Crippen LogP contribution in [0.25, 0.3) is 33.7 Å². The van der Waals surface area contributed by atoms with E-state index in [2.05, 4.69) is 53.2 Å². The maximum absolute atomic E-state index is 6.32. The van der Waals surface area contributed by atoms with Crippen LogP contribution in [0.4, 0.5) is 0 Å². The molecule has 130 valence electrons. The lowest BCUT2D eigenvalue weighted by molar-refractivity contribution is 0.538. The van der Waals surface area contributed by atoms with Crippen LogP contribution in [-0.2, 0) is 0 Å². The summed E-state index contributed by atoms with van der Waals surface area (Å²) < 4.78 is 8.62. The molecule has 0 saturated carbocycles. The molecule has 1 fully saturated rings. The number of rotatable bonds is 3. The molecule has 1 aliphatic heterocycles. The first-order valence-electron chi connectivity index (χ1n) is 9.14. The van der Waals surface area contributed by atoms with E-state index < -0.39 is 0 Å². The summed E-state index contributed by atoms with van der Waals surface area (Å²) in [6.45, 7) is 4.15. The predicted octanol–water partition coefficient (Wildman–Crippen LogP) is 4.81. The van der Waals surface area contributed by atoms with E-state index in [4.69, 9.17) is 9.40 Å². The van der Waals surface area contributed by atoms with Crippen molar-refractivity contribution in [3.63, 3.8) is 0 Å². The summed E-state index contributed by atoms with van der Waals surface area (Å²) in [4.78, 5) is 4.79. The molecule has 0 unspecified atom stereocenters. The van der Waals surface area contributed by atoms with Gasteiger partial charge in [0.1, 0.15) is 11.3 Å². The van der Waals surface area contributed by atoms with Crippen LogP contribution < -0.4 is 5.32 Å². The molecule has 3 heterocycles. The van der Waals surface area contributed by atoms with E-state index in [-0.39, 0.29) is 0 Å². The molecule has 4 aromatic rings. The molecule has 1 saturated heterocycles. The first kappa shape index (κ1) is 15.4. The van der Waals surface area contributed by atoms with E-state index in [1.54, 1.807) is 0 Å². The number of benzene rings is 2. The normalized spacial score (nSPS) is 17.2. The summed E-state index contributed by atoms with van der Waals surface area (Å²) in [6, 6.07) is 19.0. The summed E-state index contributed by atoms with van der Waals surface area (Å²) in [6.07, 6.45) is 3.08. The minimum absolute atomic E-state index is 0.405. The number of aromatic nitrogens is 2. The lowest BCUT2D eigenvalue weighted by atomic mass is 10.0. The fraction of sp³-hybridized carbons (Fsp3) is 0.227. The number of imidazole rings is 1. The van der Waals surface area contributed by atoms with Crippen molar-refractivity contribution in [2.24, 2.45) is 0 Å². The molecule has 0 radical (unpaired) electrons. The third-order valence-corrected chi connectivity index (χ3v) is 5.33. The molecule has 4 nitrogen and oxygen atoms in total. The van der Waals surface area contributed by atoms with Crippen LogP contribution in [0.5, 0.6) is 0 Å². The Balaban J connectivity index is 1.77. The zero-order valence-corrected chi connectivity index (χ0v) is 14.8. The molecule has 0 aliphatic carbocycles. The van der Waals surface area contributed by atoms with Gasteiger partial charge in [-0.3, -0.25) is 0 Å². The van der Waals surface area contributed by atoms with E-state index >= 15 is 0 Å². The van der Waals surface area contributed by atoms with Gasteiger partial charge in [0.15, 0.2) is 5.76 Å². The van der Waals surface area contributed by atoms with Gasteiger partial charge in [0, 0.05) is 29.1 Å². The second-order valence-corrected chi connectivity index (χ2v) is 6.91. The van der Waals surface area contributed by atoms with Crippen LogP contribution in [0.15, 0.2) is 65.3 Å². The fourth-order valence-corrected chi connectivity index (χ4v) is 3.95. The van der Waals surface area contributed by atoms with Crippen LogP contribution in [0.1, 0.15) is 18.0 Å². The number of nitrogens with one attached hydrogen (secondary N) is 1. The van der Waals surface area contributed by atoms with Crippen LogP contribution >= 0.6 is 0 Å². The Labute approximate surface area is 152 Å². The second kappa shape index (κ2) is 6.15. The van der Waals surface area contributed by atoms with E-state index in [1.807, 2.05) is 24.5 Å². The van der Waals surface area contributed by atoms with Crippen molar-refractivity contribution < 1.29 is 4.42 Å². The van der Waals surface area contributed by atoms with Gasteiger partial charge >= 0.3 is 0 Å². The van der Waals surface area contributed by atoms with Gasteiger partial charge < -0.3 is 14.3 Å². The third kappa shape index (κ3) is 2.37. The fourth-order valence-electron chi connectivity index (χ4n) is 3.95. The first-order valence-corrected chi connectivity index (χ1v) is 9.14. The molecule has 2 aromatic carbocycles. The number of fused-ring (bicyclic) bond motifs is 1. The minimum atomic E-state index is 0.405. The molecular formula is C22H21N3O. The van der Waals surface area contributed by atoms with Crippen molar-refractivity contribution in [2.45, 2.75) is 19.4 Å². The van der Waals surface area contributed by atoms with Gasteiger partial charge in [-0.15, -0.1) is 0 Å². The average molecular weight is 343 g/mol. The smallest absolute Gasteiger partial charge is 0.157 e. The Kier molecular flexibility index (Phi) is 3.64. The SMILES string of the molecule is Cc1c(-c2c(-c3ccccc3)ncn2[C@@H]2CCNC2)oc2ccccc12. The monoisotopic (exact) mass is 343 g/mol. The van der Waals surface area contributed by atoms with E-state index in [9.17, 15) is 0 Å². The van der Waals surface area contributed by atoms with Crippen molar-refractivity contribution in [3.05, 3.63) is 66.5 Å². The number of aryl methyl sites for hydroxylation is 1. The zero-order chi connectivity index (χ0) is 17.5. The topological polar surface area (TPSA) is 43.0 Å². The first-order chi connectivity index (χ1) is 12.8. The Morgan fingerprint density at radius 3 is 2.65 bits per heavy atom. The van der Waals surface area contributed by atoms with Crippen molar-refractivity contribution >= 4 is 11.0 Å². The Hall–Kier alpha value is -2.85. The molecule has 5 rings (SSSR count). The van der Waals surface area contributed by atoms with Crippen LogP contribution in [0, 0.1) is 6.92 Å². The summed E-state index contributed by atoms with van der Waals surface area (Å²) in [5.41, 5.74) is 5.28. The van der Waals surface area contributed by atoms with E-state index in [1.165, 1.54) is 10.9 Å². The summed E-state index contributed by atoms with van der Waals surface area (Å²) in [5.74, 6) is 0.925. The lowest BCUT2D eigenvalue weighted by Gasteiger charge is -2.15. The summed E-state index contributed by atoms with van der Waals surface area (Å²) >= 11 is 0. The Bertz CT molecular complexity index is 1060. The average Bonchev–Trinajstić information content (AvgIpc) is 3.41. The number of hydrogen-bond donors (Lipinski definition) is 1. The molecule has 1 aliphatic rings. The molecule has 0 amide bonds. The van der Waals surface area contributed by atoms with Crippen molar-refractivity contribution in [1.82, 2.24) is 14.9 Å². The largest absolute Gasteiger partial charge is 0.454 e. The van der Waals surface area contributed by atoms with Gasteiger partial charge in [0.2, 0.25) is 0 Å². The van der Waals surface area contributed by atoms with Gasteiger partial charge in [-0.2, -0.15) is 0 Å². The van der Waals surface area contributed by atoms with Gasteiger partial charge in [-0.05, 0) is 26.0 Å². The Morgan fingerprint density at radius 1 is 1.08 bits per heavy atom. The highest BCUT2D eigenvalue weighted by Gasteiger charge is 2.26. The molecule has 1 N–H and O–H groups in total. The maximum atomic E-state index is 6.32. The van der Waals surface area contributed by atoms with E-state index in [0.29, 0.717) is 6.04 Å². The standard InChI is InChI=1S/C22H21N3O/c1-15-18-9-5-6-10-19(18)26-22(15)21-20(16-7-3-2-4-8-16)24-14-25(21)17-11-12-23-13-17/h2-10,14,17,23H,11-13H2,1H3/t17-/m1/s1.